The minimum atomic E-state index is -4.71. The molecule has 166 valence electrons. The predicted molar refractivity (Wildman–Crippen MR) is 112 cm³/mol. The van der Waals surface area contributed by atoms with Gasteiger partial charge in [0.15, 0.2) is 11.4 Å². The Morgan fingerprint density at radius 2 is 1.90 bits per heavy atom. The number of fused-ring (bicyclic) bond motifs is 1. The van der Waals surface area contributed by atoms with Gasteiger partial charge in [-0.3, -0.25) is 14.3 Å². The Kier molecular flexibility index (Phi) is 6.42. The number of amides is 1. The number of halogens is 3. The van der Waals surface area contributed by atoms with Gasteiger partial charge >= 0.3 is 6.18 Å². The van der Waals surface area contributed by atoms with Gasteiger partial charge in [-0.1, -0.05) is 32.5 Å². The lowest BCUT2D eigenvalue weighted by atomic mass is 9.96. The molecule has 0 bridgehead atoms. The Morgan fingerprint density at radius 1 is 1.19 bits per heavy atom. The van der Waals surface area contributed by atoms with Gasteiger partial charge < -0.3 is 5.32 Å². The summed E-state index contributed by atoms with van der Waals surface area (Å²) in [5, 5.41) is 7.15. The summed E-state index contributed by atoms with van der Waals surface area (Å²) in [5.41, 5.74) is -0.470. The van der Waals surface area contributed by atoms with Gasteiger partial charge in [0, 0.05) is 17.3 Å². The molecule has 0 atom stereocenters. The molecule has 1 N–H and O–H groups in total. The topological polar surface area (TPSA) is 89.8 Å². The number of hydrogen-bond donors (Lipinski definition) is 1. The Bertz CT molecular complexity index is 1130. The zero-order chi connectivity index (χ0) is 23.0. The highest BCUT2D eigenvalue weighted by Gasteiger charge is 2.36. The van der Waals surface area contributed by atoms with Crippen LogP contribution in [-0.2, 0) is 24.6 Å². The molecule has 3 rings (SSSR count). The van der Waals surface area contributed by atoms with Crippen molar-refractivity contribution in [1.29, 1.82) is 0 Å². The minimum absolute atomic E-state index is 0.0465. The van der Waals surface area contributed by atoms with Crippen LogP contribution < -0.4 is 5.32 Å². The van der Waals surface area contributed by atoms with Crippen LogP contribution in [-0.4, -0.2) is 37.2 Å². The second kappa shape index (κ2) is 8.58. The number of nitrogens with zero attached hydrogens (tertiary/aromatic N) is 4. The van der Waals surface area contributed by atoms with E-state index in [0.717, 1.165) is 16.6 Å². The number of thiophene rings is 1. The number of ketones is 1. The van der Waals surface area contributed by atoms with E-state index < -0.39 is 17.4 Å². The summed E-state index contributed by atoms with van der Waals surface area (Å²) in [6, 6.07) is 3.39. The van der Waals surface area contributed by atoms with Crippen molar-refractivity contribution in [1.82, 2.24) is 25.1 Å². The van der Waals surface area contributed by atoms with Crippen LogP contribution in [0.2, 0.25) is 0 Å². The molecule has 0 aliphatic rings. The lowest BCUT2D eigenvalue weighted by Gasteiger charge is -2.17. The van der Waals surface area contributed by atoms with Crippen molar-refractivity contribution in [2.45, 2.75) is 38.5 Å². The van der Waals surface area contributed by atoms with Crippen LogP contribution in [0.5, 0.6) is 0 Å². The number of aryl methyl sites for hydroxylation is 1. The molecule has 0 aromatic carbocycles. The molecule has 7 nitrogen and oxygen atoms in total. The van der Waals surface area contributed by atoms with Crippen LogP contribution in [0.15, 0.2) is 23.4 Å². The number of rotatable bonds is 6. The fourth-order valence-electron chi connectivity index (χ4n) is 2.49. The van der Waals surface area contributed by atoms with Gasteiger partial charge in [0.1, 0.15) is 5.03 Å². The molecule has 1 amide bonds. The molecule has 12 heteroatoms. The van der Waals surface area contributed by atoms with Crippen molar-refractivity contribution in [3.8, 4) is 0 Å². The molecular weight excluding hydrogens is 451 g/mol. The molecule has 0 radical (unpaired) electrons. The molecule has 0 saturated carbocycles. The number of Topliss-reactive ketones (excluding diaryl/α,β-unsaturated/α-hetero) is 1. The first-order valence-electron chi connectivity index (χ1n) is 9.16. The van der Waals surface area contributed by atoms with Gasteiger partial charge in [-0.25, -0.2) is 9.97 Å². The van der Waals surface area contributed by atoms with Crippen molar-refractivity contribution in [3.63, 3.8) is 0 Å². The third-order valence-corrected chi connectivity index (χ3v) is 6.31. The smallest absolute Gasteiger partial charge is 0.351 e. The number of alkyl halides is 3. The second-order valence-electron chi connectivity index (χ2n) is 7.77. The van der Waals surface area contributed by atoms with Crippen molar-refractivity contribution in [3.05, 3.63) is 33.9 Å². The molecule has 0 fully saturated rings. The predicted octanol–water partition coefficient (Wildman–Crippen LogP) is 4.08. The Labute approximate surface area is 184 Å². The van der Waals surface area contributed by atoms with Gasteiger partial charge in [-0.2, -0.15) is 18.3 Å². The van der Waals surface area contributed by atoms with Crippen LogP contribution >= 0.6 is 23.1 Å². The van der Waals surface area contributed by atoms with E-state index in [9.17, 15) is 22.8 Å². The lowest BCUT2D eigenvalue weighted by Crippen LogP contribution is -2.34. The summed E-state index contributed by atoms with van der Waals surface area (Å²) >= 11 is 2.15. The van der Waals surface area contributed by atoms with E-state index in [4.69, 9.17) is 0 Å². The summed E-state index contributed by atoms with van der Waals surface area (Å²) in [6.07, 6.45) is -3.33. The van der Waals surface area contributed by atoms with E-state index in [1.165, 1.54) is 29.3 Å². The first kappa shape index (κ1) is 23.2. The van der Waals surface area contributed by atoms with E-state index in [-0.39, 0.29) is 28.1 Å². The first-order valence-corrected chi connectivity index (χ1v) is 11.0. The number of hydrogen-bond acceptors (Lipinski definition) is 7. The van der Waals surface area contributed by atoms with Gasteiger partial charge in [0.05, 0.1) is 28.8 Å². The Balaban J connectivity index is 1.71. The number of aromatic nitrogens is 4. The van der Waals surface area contributed by atoms with Crippen molar-refractivity contribution < 1.29 is 22.8 Å². The van der Waals surface area contributed by atoms with Crippen LogP contribution in [0.1, 0.15) is 41.1 Å². The molecule has 0 aliphatic heterocycles. The maximum Gasteiger partial charge on any atom is 0.451 e. The quantitative estimate of drug-likeness (QED) is 0.331. The Hall–Kier alpha value is -2.47. The van der Waals surface area contributed by atoms with E-state index >= 15 is 0 Å². The second-order valence-corrected chi connectivity index (χ2v) is 9.90. The monoisotopic (exact) mass is 471 g/mol. The van der Waals surface area contributed by atoms with E-state index in [1.807, 2.05) is 0 Å². The number of thioether (sulfide) groups is 1. The van der Waals surface area contributed by atoms with Crippen LogP contribution in [0.25, 0.3) is 11.0 Å². The van der Waals surface area contributed by atoms with Crippen LogP contribution in [0.3, 0.4) is 0 Å². The molecule has 0 aliphatic carbocycles. The third-order valence-electron chi connectivity index (χ3n) is 4.19. The molecular formula is C19H20F3N5O2S2. The molecule has 0 unspecified atom stereocenters. The zero-order valence-electron chi connectivity index (χ0n) is 17.2. The van der Waals surface area contributed by atoms with E-state index in [1.54, 1.807) is 32.9 Å². The average molecular weight is 472 g/mol. The summed E-state index contributed by atoms with van der Waals surface area (Å²) in [6.45, 7) is 5.72. The average Bonchev–Trinajstić information content (AvgIpc) is 3.29. The molecule has 3 aromatic heterocycles. The molecule has 0 spiro atoms. The highest BCUT2D eigenvalue weighted by molar-refractivity contribution is 8.00. The Morgan fingerprint density at radius 3 is 2.55 bits per heavy atom. The van der Waals surface area contributed by atoms with E-state index in [2.05, 4.69) is 20.4 Å². The third kappa shape index (κ3) is 5.42. The summed E-state index contributed by atoms with van der Waals surface area (Å²) in [5.74, 6) is -1.71. The number of nitrogens with one attached hydrogen (secondary N) is 1. The molecule has 31 heavy (non-hydrogen) atoms. The summed E-state index contributed by atoms with van der Waals surface area (Å²) < 4.78 is 40.7. The summed E-state index contributed by atoms with van der Waals surface area (Å²) in [4.78, 5) is 32.9. The highest BCUT2D eigenvalue weighted by atomic mass is 32.2. The first-order chi connectivity index (χ1) is 14.4. The highest BCUT2D eigenvalue weighted by Crippen LogP contribution is 2.32. The van der Waals surface area contributed by atoms with Gasteiger partial charge in [0.2, 0.25) is 11.7 Å². The minimum Gasteiger partial charge on any atom is -0.351 e. The SMILES string of the molecule is Cn1ncc2c(SCC(=O)c3ccc(CNC(=O)C(C)(C)C)s3)nc(C(F)(F)F)nc21. The van der Waals surface area contributed by atoms with Crippen molar-refractivity contribution in [2.75, 3.05) is 5.75 Å². The van der Waals surface area contributed by atoms with Crippen molar-refractivity contribution >= 4 is 45.8 Å². The lowest BCUT2D eigenvalue weighted by molar-refractivity contribution is -0.145. The molecule has 0 saturated heterocycles. The number of carbonyl (C=O) groups excluding carboxylic acids is 2. The van der Waals surface area contributed by atoms with Gasteiger partial charge in [0.25, 0.3) is 0 Å². The van der Waals surface area contributed by atoms with E-state index in [0.29, 0.717) is 16.8 Å². The fourth-order valence-corrected chi connectivity index (χ4v) is 4.34. The largest absolute Gasteiger partial charge is 0.451 e. The normalized spacial score (nSPS) is 12.4. The number of carbonyl (C=O) groups is 2. The van der Waals surface area contributed by atoms with Crippen LogP contribution in [0.4, 0.5) is 13.2 Å². The standard InChI is InChI=1S/C19H20F3N5O2S2/c1-18(2,3)17(29)23-7-10-5-6-13(31-10)12(28)9-30-15-11-8-24-27(4)14(11)25-16(26-15)19(20,21)22/h5-6,8H,7,9H2,1-4H3,(H,23,29). The van der Waals surface area contributed by atoms with Crippen LogP contribution in [0, 0.1) is 5.41 Å². The molecule has 3 aromatic rings. The summed E-state index contributed by atoms with van der Waals surface area (Å²) in [7, 11) is 1.49. The van der Waals surface area contributed by atoms with Gasteiger partial charge in [-0.15, -0.1) is 11.3 Å². The zero-order valence-corrected chi connectivity index (χ0v) is 18.8. The maximum absolute atomic E-state index is 13.1. The van der Waals surface area contributed by atoms with Crippen molar-refractivity contribution in [2.24, 2.45) is 12.5 Å². The maximum atomic E-state index is 13.1. The van der Waals surface area contributed by atoms with Gasteiger partial charge in [-0.05, 0) is 12.1 Å². The fraction of sp³-hybridized carbons (Fsp3) is 0.421. The molecule has 3 heterocycles.